The first-order valence-corrected chi connectivity index (χ1v) is 8.51. The maximum Gasteiger partial charge on any atom is 0.244 e. The topological polar surface area (TPSA) is 58.2 Å². The number of hydrogen-bond acceptors (Lipinski definition) is 2. The summed E-state index contributed by atoms with van der Waals surface area (Å²) < 4.78 is 0. The molecule has 0 atom stereocenters. The lowest BCUT2D eigenvalue weighted by molar-refractivity contribution is -0.119. The molecule has 2 amide bonds. The van der Waals surface area contributed by atoms with Gasteiger partial charge in [-0.25, -0.2) is 0 Å². The fraction of sp³-hybridized carbons (Fsp3) is 0.238. The van der Waals surface area contributed by atoms with Crippen LogP contribution in [0.5, 0.6) is 0 Å². The van der Waals surface area contributed by atoms with Gasteiger partial charge in [-0.05, 0) is 48.6 Å². The molecule has 0 spiro atoms. The monoisotopic (exact) mass is 334 g/mol. The molecule has 0 bridgehead atoms. The molecule has 1 saturated carbocycles. The highest BCUT2D eigenvalue weighted by atomic mass is 16.2. The minimum atomic E-state index is -0.224. The first-order valence-electron chi connectivity index (χ1n) is 8.51. The van der Waals surface area contributed by atoms with E-state index in [1.165, 1.54) is 12.5 Å². The molecule has 0 aromatic heterocycles. The number of carbonyl (C=O) groups excluding carboxylic acids is 2. The molecule has 1 fully saturated rings. The summed E-state index contributed by atoms with van der Waals surface area (Å²) in [5.74, 6) is -0.191. The standard InChI is InChI=1S/C21H22N2O2/c1-16(24)22-19-11-8-17(9-12-19)10-13-20(25)23-21(14-5-15-21)18-6-3-2-4-7-18/h2-4,6-13H,5,14-15H2,1H3,(H,22,24)(H,23,25)/b13-10-. The second-order valence-corrected chi connectivity index (χ2v) is 6.43. The molecule has 0 aliphatic heterocycles. The Bertz CT molecular complexity index is 775. The molecular weight excluding hydrogens is 312 g/mol. The second kappa shape index (κ2) is 7.34. The van der Waals surface area contributed by atoms with Gasteiger partial charge in [0, 0.05) is 18.7 Å². The van der Waals surface area contributed by atoms with Crippen LogP contribution in [0.25, 0.3) is 6.08 Å². The molecule has 3 rings (SSSR count). The van der Waals surface area contributed by atoms with Crippen molar-refractivity contribution in [1.29, 1.82) is 0 Å². The molecule has 2 aromatic carbocycles. The zero-order chi connectivity index (χ0) is 17.7. The van der Waals surface area contributed by atoms with Gasteiger partial charge in [-0.3, -0.25) is 9.59 Å². The quantitative estimate of drug-likeness (QED) is 0.816. The van der Waals surface area contributed by atoms with E-state index in [9.17, 15) is 9.59 Å². The molecule has 128 valence electrons. The van der Waals surface area contributed by atoms with Gasteiger partial charge >= 0.3 is 0 Å². The summed E-state index contributed by atoms with van der Waals surface area (Å²) in [5, 5.41) is 5.89. The normalized spacial score (nSPS) is 15.4. The number of anilines is 1. The summed E-state index contributed by atoms with van der Waals surface area (Å²) in [6.07, 6.45) is 6.42. The van der Waals surface area contributed by atoms with Crippen LogP contribution in [0.2, 0.25) is 0 Å². The fourth-order valence-corrected chi connectivity index (χ4v) is 3.10. The zero-order valence-corrected chi connectivity index (χ0v) is 14.3. The van der Waals surface area contributed by atoms with Crippen LogP contribution in [-0.4, -0.2) is 11.8 Å². The highest BCUT2D eigenvalue weighted by Gasteiger charge is 2.39. The summed E-state index contributed by atoms with van der Waals surface area (Å²) >= 11 is 0. The van der Waals surface area contributed by atoms with Crippen LogP contribution in [0.15, 0.2) is 60.7 Å². The number of amides is 2. The van der Waals surface area contributed by atoms with Gasteiger partial charge in [0.05, 0.1) is 5.54 Å². The van der Waals surface area contributed by atoms with Crippen molar-refractivity contribution in [1.82, 2.24) is 5.32 Å². The van der Waals surface area contributed by atoms with Crippen LogP contribution >= 0.6 is 0 Å². The number of benzene rings is 2. The minimum Gasteiger partial charge on any atom is -0.343 e. The van der Waals surface area contributed by atoms with E-state index in [4.69, 9.17) is 0 Å². The van der Waals surface area contributed by atoms with Crippen molar-refractivity contribution in [3.8, 4) is 0 Å². The van der Waals surface area contributed by atoms with Crippen molar-refractivity contribution >= 4 is 23.6 Å². The van der Waals surface area contributed by atoms with Crippen LogP contribution in [0, 0.1) is 0 Å². The van der Waals surface area contributed by atoms with Crippen molar-refractivity contribution in [2.75, 3.05) is 5.32 Å². The van der Waals surface area contributed by atoms with E-state index >= 15 is 0 Å². The third-order valence-corrected chi connectivity index (χ3v) is 4.55. The Balaban J connectivity index is 1.64. The lowest BCUT2D eigenvalue weighted by Gasteiger charge is -2.42. The Morgan fingerprint density at radius 2 is 1.68 bits per heavy atom. The van der Waals surface area contributed by atoms with E-state index in [-0.39, 0.29) is 17.4 Å². The fourth-order valence-electron chi connectivity index (χ4n) is 3.10. The molecule has 0 radical (unpaired) electrons. The molecule has 1 aliphatic carbocycles. The largest absolute Gasteiger partial charge is 0.343 e. The number of rotatable bonds is 5. The van der Waals surface area contributed by atoms with Crippen molar-refractivity contribution in [3.63, 3.8) is 0 Å². The van der Waals surface area contributed by atoms with Gasteiger partial charge in [-0.2, -0.15) is 0 Å². The minimum absolute atomic E-state index is 0.0884. The average Bonchev–Trinajstić information content (AvgIpc) is 2.58. The van der Waals surface area contributed by atoms with Crippen molar-refractivity contribution in [2.24, 2.45) is 0 Å². The number of hydrogen-bond donors (Lipinski definition) is 2. The Morgan fingerprint density at radius 1 is 1.00 bits per heavy atom. The van der Waals surface area contributed by atoms with Crippen LogP contribution in [0.4, 0.5) is 5.69 Å². The van der Waals surface area contributed by atoms with Crippen LogP contribution in [-0.2, 0) is 15.1 Å². The summed E-state index contributed by atoms with van der Waals surface area (Å²) in [7, 11) is 0. The number of nitrogens with one attached hydrogen (secondary N) is 2. The lowest BCUT2D eigenvalue weighted by atomic mass is 9.72. The third-order valence-electron chi connectivity index (χ3n) is 4.55. The predicted octanol–water partition coefficient (Wildman–Crippen LogP) is 3.85. The maximum absolute atomic E-state index is 12.4. The first-order chi connectivity index (χ1) is 12.1. The van der Waals surface area contributed by atoms with Gasteiger partial charge in [0.15, 0.2) is 0 Å². The van der Waals surface area contributed by atoms with Gasteiger partial charge in [0.25, 0.3) is 0 Å². The average molecular weight is 334 g/mol. The SMILES string of the molecule is CC(=O)Nc1ccc(/C=C\C(=O)NC2(c3ccccc3)CCC2)cc1. The van der Waals surface area contributed by atoms with Crippen LogP contribution in [0.1, 0.15) is 37.3 Å². The second-order valence-electron chi connectivity index (χ2n) is 6.43. The van der Waals surface area contributed by atoms with Gasteiger partial charge in [0.2, 0.25) is 11.8 Å². The molecule has 4 heteroatoms. The summed E-state index contributed by atoms with van der Waals surface area (Å²) in [6, 6.07) is 17.5. The molecule has 2 N–H and O–H groups in total. The summed E-state index contributed by atoms with van der Waals surface area (Å²) in [4.78, 5) is 23.4. The molecule has 0 saturated heterocycles. The first kappa shape index (κ1) is 17.0. The van der Waals surface area contributed by atoms with E-state index in [0.29, 0.717) is 0 Å². The van der Waals surface area contributed by atoms with Crippen molar-refractivity contribution < 1.29 is 9.59 Å². The molecule has 4 nitrogen and oxygen atoms in total. The van der Waals surface area contributed by atoms with Crippen LogP contribution < -0.4 is 10.6 Å². The van der Waals surface area contributed by atoms with Gasteiger partial charge in [-0.15, -0.1) is 0 Å². The smallest absolute Gasteiger partial charge is 0.244 e. The van der Waals surface area contributed by atoms with Crippen molar-refractivity contribution in [2.45, 2.75) is 31.7 Å². The molecule has 25 heavy (non-hydrogen) atoms. The van der Waals surface area contributed by atoms with Gasteiger partial charge in [0.1, 0.15) is 0 Å². The third kappa shape index (κ3) is 4.15. The Kier molecular flexibility index (Phi) is 4.98. The lowest BCUT2D eigenvalue weighted by Crippen LogP contribution is -2.50. The summed E-state index contributed by atoms with van der Waals surface area (Å²) in [6.45, 7) is 1.47. The van der Waals surface area contributed by atoms with E-state index < -0.39 is 0 Å². The van der Waals surface area contributed by atoms with Gasteiger partial charge in [-0.1, -0.05) is 42.5 Å². The Morgan fingerprint density at radius 3 is 2.24 bits per heavy atom. The van der Waals surface area contributed by atoms with Crippen LogP contribution in [0.3, 0.4) is 0 Å². The van der Waals surface area contributed by atoms with E-state index in [1.54, 1.807) is 12.2 Å². The molecule has 2 aromatic rings. The molecular formula is C21H22N2O2. The molecule has 0 unspecified atom stereocenters. The van der Waals surface area contributed by atoms with E-state index in [2.05, 4.69) is 22.8 Å². The predicted molar refractivity (Wildman–Crippen MR) is 99.9 cm³/mol. The highest BCUT2D eigenvalue weighted by Crippen LogP contribution is 2.41. The van der Waals surface area contributed by atoms with E-state index in [1.807, 2.05) is 42.5 Å². The maximum atomic E-state index is 12.4. The highest BCUT2D eigenvalue weighted by molar-refractivity contribution is 5.92. The number of carbonyl (C=O) groups is 2. The molecule has 1 aliphatic rings. The van der Waals surface area contributed by atoms with Crippen molar-refractivity contribution in [3.05, 3.63) is 71.8 Å². The van der Waals surface area contributed by atoms with Gasteiger partial charge < -0.3 is 10.6 Å². The van der Waals surface area contributed by atoms with E-state index in [0.717, 1.165) is 30.5 Å². The Hall–Kier alpha value is -2.88. The Labute approximate surface area is 148 Å². The zero-order valence-electron chi connectivity index (χ0n) is 14.3. The molecule has 0 heterocycles. The summed E-state index contributed by atoms with van der Waals surface area (Å²) in [5.41, 5.74) is 2.60.